The van der Waals surface area contributed by atoms with Gasteiger partial charge in [0.2, 0.25) is 5.76 Å². The largest absolute Gasteiger partial charge is 0.475 e. The molecule has 2 rings (SSSR count). The fourth-order valence-corrected chi connectivity index (χ4v) is 1.54. The van der Waals surface area contributed by atoms with Gasteiger partial charge in [-0.1, -0.05) is 0 Å². The summed E-state index contributed by atoms with van der Waals surface area (Å²) in [6.45, 7) is 1.16. The number of aromatic nitrogens is 2. The quantitative estimate of drug-likeness (QED) is 0.757. The Balaban J connectivity index is 1.76. The lowest BCUT2D eigenvalue weighted by atomic mass is 10.3. The summed E-state index contributed by atoms with van der Waals surface area (Å²) in [5.74, 6) is -1.87. The van der Waals surface area contributed by atoms with Gasteiger partial charge in [0.05, 0.1) is 0 Å². The third-order valence-corrected chi connectivity index (χ3v) is 2.45. The topological polar surface area (TPSA) is 97.4 Å². The average molecular weight is 263 g/mol. The maximum Gasteiger partial charge on any atom is 0.371 e. The van der Waals surface area contributed by atoms with Crippen LogP contribution in [-0.2, 0) is 6.54 Å². The van der Waals surface area contributed by atoms with E-state index in [1.807, 2.05) is 12.3 Å². The molecule has 19 heavy (non-hydrogen) atoms. The number of carboxylic acids is 1. The van der Waals surface area contributed by atoms with Crippen LogP contribution in [0.15, 0.2) is 35.0 Å². The molecule has 0 fully saturated rings. The van der Waals surface area contributed by atoms with Crippen molar-refractivity contribution in [1.82, 2.24) is 15.1 Å². The molecule has 100 valence electrons. The molecule has 0 saturated heterocycles. The SMILES string of the molecule is O=C(O)c1ccc(C(=O)NCCCn2cccn2)o1. The minimum absolute atomic E-state index is 0.00325. The zero-order valence-corrected chi connectivity index (χ0v) is 10.1. The molecule has 0 spiro atoms. The van der Waals surface area contributed by atoms with E-state index in [0.29, 0.717) is 13.1 Å². The summed E-state index contributed by atoms with van der Waals surface area (Å²) in [6.07, 6.45) is 4.25. The van der Waals surface area contributed by atoms with Crippen molar-refractivity contribution < 1.29 is 19.1 Å². The molecule has 0 bridgehead atoms. The molecule has 0 aliphatic rings. The fraction of sp³-hybridized carbons (Fsp3) is 0.250. The van der Waals surface area contributed by atoms with Crippen LogP contribution in [0, 0.1) is 0 Å². The zero-order chi connectivity index (χ0) is 13.7. The smallest absolute Gasteiger partial charge is 0.371 e. The number of aryl methyl sites for hydroxylation is 1. The van der Waals surface area contributed by atoms with Gasteiger partial charge in [-0.25, -0.2) is 4.79 Å². The van der Waals surface area contributed by atoms with E-state index >= 15 is 0 Å². The number of carbonyl (C=O) groups is 2. The molecule has 0 unspecified atom stereocenters. The van der Waals surface area contributed by atoms with Crippen molar-refractivity contribution in [2.75, 3.05) is 6.54 Å². The summed E-state index contributed by atoms with van der Waals surface area (Å²) >= 11 is 0. The van der Waals surface area contributed by atoms with Crippen LogP contribution in [0.25, 0.3) is 0 Å². The molecule has 7 heteroatoms. The first kappa shape index (κ1) is 12.9. The number of aromatic carboxylic acids is 1. The van der Waals surface area contributed by atoms with Gasteiger partial charge >= 0.3 is 5.97 Å². The van der Waals surface area contributed by atoms with Crippen molar-refractivity contribution in [1.29, 1.82) is 0 Å². The van der Waals surface area contributed by atoms with Crippen LogP contribution in [0.4, 0.5) is 0 Å². The number of hydrogen-bond acceptors (Lipinski definition) is 4. The molecule has 1 amide bonds. The standard InChI is InChI=1S/C12H13N3O4/c16-11(9-3-4-10(19-9)12(17)18)13-5-1-7-15-8-2-6-14-15/h2-4,6,8H,1,5,7H2,(H,13,16)(H,17,18). The number of nitrogens with zero attached hydrogens (tertiary/aromatic N) is 2. The Hall–Kier alpha value is -2.57. The molecular weight excluding hydrogens is 250 g/mol. The Morgan fingerprint density at radius 2 is 2.16 bits per heavy atom. The van der Waals surface area contributed by atoms with E-state index in [9.17, 15) is 9.59 Å². The third-order valence-electron chi connectivity index (χ3n) is 2.45. The molecule has 0 aliphatic heterocycles. The minimum atomic E-state index is -1.20. The first-order valence-corrected chi connectivity index (χ1v) is 5.75. The van der Waals surface area contributed by atoms with Crippen molar-refractivity contribution in [2.24, 2.45) is 0 Å². The van der Waals surface area contributed by atoms with E-state index < -0.39 is 11.9 Å². The van der Waals surface area contributed by atoms with Gasteiger partial charge in [0.1, 0.15) is 0 Å². The Morgan fingerprint density at radius 1 is 1.37 bits per heavy atom. The van der Waals surface area contributed by atoms with Crippen LogP contribution >= 0.6 is 0 Å². The second kappa shape index (κ2) is 5.85. The first-order chi connectivity index (χ1) is 9.16. The van der Waals surface area contributed by atoms with Crippen molar-refractivity contribution in [3.8, 4) is 0 Å². The maximum absolute atomic E-state index is 11.6. The summed E-state index contributed by atoms with van der Waals surface area (Å²) in [6, 6.07) is 4.42. The molecule has 2 aromatic heterocycles. The number of amides is 1. The number of furan rings is 1. The molecule has 0 saturated carbocycles. The van der Waals surface area contributed by atoms with Crippen molar-refractivity contribution in [3.63, 3.8) is 0 Å². The van der Waals surface area contributed by atoms with Crippen LogP contribution in [-0.4, -0.2) is 33.3 Å². The average Bonchev–Trinajstić information content (AvgIpc) is 3.05. The second-order valence-electron chi connectivity index (χ2n) is 3.85. The van der Waals surface area contributed by atoms with Gasteiger partial charge in [-0.2, -0.15) is 5.10 Å². The number of carbonyl (C=O) groups excluding carboxylic acids is 1. The zero-order valence-electron chi connectivity index (χ0n) is 10.1. The van der Waals surface area contributed by atoms with Crippen molar-refractivity contribution in [3.05, 3.63) is 42.1 Å². The van der Waals surface area contributed by atoms with Gasteiger partial charge in [-0.15, -0.1) is 0 Å². The summed E-state index contributed by atoms with van der Waals surface area (Å²) in [7, 11) is 0. The minimum Gasteiger partial charge on any atom is -0.475 e. The summed E-state index contributed by atoms with van der Waals surface area (Å²) in [5.41, 5.74) is 0. The van der Waals surface area contributed by atoms with Gasteiger partial charge in [0.25, 0.3) is 5.91 Å². The van der Waals surface area contributed by atoms with Crippen LogP contribution in [0.2, 0.25) is 0 Å². The second-order valence-corrected chi connectivity index (χ2v) is 3.85. The van der Waals surface area contributed by atoms with E-state index in [4.69, 9.17) is 9.52 Å². The van der Waals surface area contributed by atoms with Crippen LogP contribution < -0.4 is 5.32 Å². The Bertz CT molecular complexity index is 559. The van der Waals surface area contributed by atoms with E-state index in [0.717, 1.165) is 6.42 Å². The molecule has 0 radical (unpaired) electrons. The van der Waals surface area contributed by atoms with Crippen molar-refractivity contribution in [2.45, 2.75) is 13.0 Å². The Morgan fingerprint density at radius 3 is 2.79 bits per heavy atom. The molecule has 7 nitrogen and oxygen atoms in total. The Labute approximate surface area is 108 Å². The van der Waals surface area contributed by atoms with E-state index in [2.05, 4.69) is 10.4 Å². The molecular formula is C12H13N3O4. The van der Waals surface area contributed by atoms with Crippen molar-refractivity contribution >= 4 is 11.9 Å². The van der Waals surface area contributed by atoms with E-state index in [1.165, 1.54) is 12.1 Å². The normalized spacial score (nSPS) is 10.3. The molecule has 0 atom stereocenters. The van der Waals surface area contributed by atoms with Crippen LogP contribution in [0.1, 0.15) is 27.5 Å². The predicted octanol–water partition coefficient (Wildman–Crippen LogP) is 0.994. The predicted molar refractivity (Wildman–Crippen MR) is 64.8 cm³/mol. The lowest BCUT2D eigenvalue weighted by molar-refractivity contribution is 0.0659. The van der Waals surface area contributed by atoms with E-state index in [1.54, 1.807) is 10.9 Å². The number of rotatable bonds is 6. The van der Waals surface area contributed by atoms with Crippen LogP contribution in [0.5, 0.6) is 0 Å². The molecule has 2 heterocycles. The molecule has 2 aromatic rings. The summed E-state index contributed by atoms with van der Waals surface area (Å²) in [4.78, 5) is 22.2. The van der Waals surface area contributed by atoms with Gasteiger partial charge < -0.3 is 14.8 Å². The van der Waals surface area contributed by atoms with Gasteiger partial charge in [-0.3, -0.25) is 9.48 Å². The highest BCUT2D eigenvalue weighted by Crippen LogP contribution is 2.07. The highest BCUT2D eigenvalue weighted by molar-refractivity contribution is 5.93. The number of nitrogens with one attached hydrogen (secondary N) is 1. The fourth-order valence-electron chi connectivity index (χ4n) is 1.54. The molecule has 0 aromatic carbocycles. The first-order valence-electron chi connectivity index (χ1n) is 5.75. The highest BCUT2D eigenvalue weighted by atomic mass is 16.4. The highest BCUT2D eigenvalue weighted by Gasteiger charge is 2.14. The summed E-state index contributed by atoms with van der Waals surface area (Å²) in [5, 5.41) is 15.3. The van der Waals surface area contributed by atoms with Gasteiger partial charge in [0.15, 0.2) is 5.76 Å². The molecule has 2 N–H and O–H groups in total. The van der Waals surface area contributed by atoms with Gasteiger partial charge in [-0.05, 0) is 24.6 Å². The van der Waals surface area contributed by atoms with Gasteiger partial charge in [0, 0.05) is 25.5 Å². The number of carboxylic acid groups (broad SMARTS) is 1. The molecule has 0 aliphatic carbocycles. The third kappa shape index (κ3) is 3.44. The maximum atomic E-state index is 11.6. The number of hydrogen-bond donors (Lipinski definition) is 2. The lowest BCUT2D eigenvalue weighted by Gasteiger charge is -2.03. The summed E-state index contributed by atoms with van der Waals surface area (Å²) < 4.78 is 6.65. The van der Waals surface area contributed by atoms with Crippen LogP contribution in [0.3, 0.4) is 0 Å². The van der Waals surface area contributed by atoms with E-state index in [-0.39, 0.29) is 11.5 Å². The Kier molecular flexibility index (Phi) is 3.97. The monoisotopic (exact) mass is 263 g/mol. The lowest BCUT2D eigenvalue weighted by Crippen LogP contribution is -2.24.